The Morgan fingerprint density at radius 2 is 1.57 bits per heavy atom. The molecule has 2 unspecified atom stereocenters. The number of nitrogens with zero attached hydrogens (tertiary/aromatic N) is 1. The molecule has 1 fully saturated rings. The number of morpholine rings is 1. The van der Waals surface area contributed by atoms with Crippen molar-refractivity contribution in [1.29, 1.82) is 0 Å². The first-order chi connectivity index (χ1) is 14.4. The van der Waals surface area contributed by atoms with Crippen molar-refractivity contribution in [2.75, 3.05) is 19.7 Å². The summed E-state index contributed by atoms with van der Waals surface area (Å²) in [7, 11) is 0. The van der Waals surface area contributed by atoms with Gasteiger partial charge in [-0.2, -0.15) is 13.2 Å². The first kappa shape index (κ1) is 20.6. The Bertz CT molecular complexity index is 970. The molecule has 4 rings (SSSR count). The third-order valence-electron chi connectivity index (χ3n) is 5.75. The van der Waals surface area contributed by atoms with Crippen LogP contribution in [0.15, 0.2) is 78.9 Å². The van der Waals surface area contributed by atoms with Crippen molar-refractivity contribution in [1.82, 2.24) is 4.90 Å². The van der Waals surface area contributed by atoms with Crippen molar-refractivity contribution in [3.05, 3.63) is 95.6 Å². The van der Waals surface area contributed by atoms with Crippen molar-refractivity contribution in [2.45, 2.75) is 25.2 Å². The van der Waals surface area contributed by atoms with Crippen LogP contribution in [0.4, 0.5) is 13.2 Å². The first-order valence-corrected chi connectivity index (χ1v) is 10.1. The maximum atomic E-state index is 13.3. The molecule has 0 aliphatic carbocycles. The van der Waals surface area contributed by atoms with E-state index in [1.807, 2.05) is 30.3 Å². The molecule has 2 atom stereocenters. The normalized spacial score (nSPS) is 18.9. The van der Waals surface area contributed by atoms with Gasteiger partial charge in [-0.05, 0) is 35.2 Å². The summed E-state index contributed by atoms with van der Waals surface area (Å²) in [5, 5.41) is 0. The largest absolute Gasteiger partial charge is 0.417 e. The van der Waals surface area contributed by atoms with E-state index in [0.717, 1.165) is 30.3 Å². The highest BCUT2D eigenvalue weighted by Gasteiger charge is 2.33. The average Bonchev–Trinajstić information content (AvgIpc) is 2.79. The van der Waals surface area contributed by atoms with E-state index in [1.165, 1.54) is 12.1 Å². The summed E-state index contributed by atoms with van der Waals surface area (Å²) in [5.41, 5.74) is 2.41. The van der Waals surface area contributed by atoms with Crippen LogP contribution in [0.5, 0.6) is 0 Å². The number of hydrogen-bond donors (Lipinski definition) is 0. The molecule has 1 aliphatic heterocycles. The molecule has 0 bridgehead atoms. The lowest BCUT2D eigenvalue weighted by Gasteiger charge is -2.37. The molecule has 30 heavy (non-hydrogen) atoms. The van der Waals surface area contributed by atoms with Crippen LogP contribution in [0.2, 0.25) is 0 Å². The molecule has 2 nitrogen and oxygen atoms in total. The minimum Gasteiger partial charge on any atom is -0.371 e. The van der Waals surface area contributed by atoms with Gasteiger partial charge in [0.05, 0.1) is 18.3 Å². The fourth-order valence-corrected chi connectivity index (χ4v) is 4.02. The zero-order valence-corrected chi connectivity index (χ0v) is 16.8. The molecule has 156 valence electrons. The number of rotatable bonds is 4. The van der Waals surface area contributed by atoms with Gasteiger partial charge in [-0.15, -0.1) is 0 Å². The zero-order valence-electron chi connectivity index (χ0n) is 16.8. The molecule has 0 spiro atoms. The van der Waals surface area contributed by atoms with E-state index in [9.17, 15) is 13.2 Å². The summed E-state index contributed by atoms with van der Waals surface area (Å²) in [4.78, 5) is 2.36. The van der Waals surface area contributed by atoms with Gasteiger partial charge in [0, 0.05) is 19.1 Å². The van der Waals surface area contributed by atoms with Crippen LogP contribution >= 0.6 is 0 Å². The van der Waals surface area contributed by atoms with Gasteiger partial charge in [0.15, 0.2) is 0 Å². The molecular weight excluding hydrogens is 387 g/mol. The molecule has 3 aromatic rings. The van der Waals surface area contributed by atoms with E-state index < -0.39 is 11.7 Å². The quantitative estimate of drug-likeness (QED) is 0.485. The second-order valence-electron chi connectivity index (χ2n) is 7.61. The maximum absolute atomic E-state index is 13.3. The molecule has 0 aromatic heterocycles. The van der Waals surface area contributed by atoms with Gasteiger partial charge < -0.3 is 4.74 Å². The smallest absolute Gasteiger partial charge is 0.371 e. The lowest BCUT2D eigenvalue weighted by Crippen LogP contribution is -2.39. The number of ether oxygens (including phenoxy) is 1. The Hall–Kier alpha value is -2.63. The molecule has 5 heteroatoms. The first-order valence-electron chi connectivity index (χ1n) is 10.1. The summed E-state index contributed by atoms with van der Waals surface area (Å²) in [5.74, 6) is 0. The Balaban J connectivity index is 1.52. The lowest BCUT2D eigenvalue weighted by molar-refractivity contribution is -0.137. The Labute approximate surface area is 174 Å². The van der Waals surface area contributed by atoms with Crippen LogP contribution in [0.1, 0.15) is 35.8 Å². The Morgan fingerprint density at radius 3 is 2.27 bits per heavy atom. The van der Waals surface area contributed by atoms with E-state index in [0.29, 0.717) is 12.2 Å². The van der Waals surface area contributed by atoms with Crippen LogP contribution in [0.25, 0.3) is 11.1 Å². The standard InChI is InChI=1S/C25H24F3NO/c1-18(29-15-16-30-24(17-29)21-7-3-2-4-8-21)19-11-13-20(14-12-19)22-9-5-6-10-23(22)25(26,27)28/h2-14,18,24H,15-17H2,1H3. The second kappa shape index (κ2) is 8.62. The second-order valence-corrected chi connectivity index (χ2v) is 7.61. The highest BCUT2D eigenvalue weighted by molar-refractivity contribution is 5.68. The summed E-state index contributed by atoms with van der Waals surface area (Å²) in [6.45, 7) is 4.39. The summed E-state index contributed by atoms with van der Waals surface area (Å²) >= 11 is 0. The Morgan fingerprint density at radius 1 is 0.900 bits per heavy atom. The van der Waals surface area contributed by atoms with Crippen LogP contribution in [0.3, 0.4) is 0 Å². The van der Waals surface area contributed by atoms with Crippen molar-refractivity contribution in [3.8, 4) is 11.1 Å². The minimum atomic E-state index is -4.37. The van der Waals surface area contributed by atoms with Gasteiger partial charge in [-0.1, -0.05) is 72.8 Å². The molecule has 0 amide bonds. The van der Waals surface area contributed by atoms with Gasteiger partial charge >= 0.3 is 6.18 Å². The molecule has 1 heterocycles. The average molecular weight is 411 g/mol. The van der Waals surface area contributed by atoms with E-state index >= 15 is 0 Å². The molecule has 1 aliphatic rings. The number of benzene rings is 3. The summed E-state index contributed by atoms with van der Waals surface area (Å²) < 4.78 is 46.0. The molecule has 0 radical (unpaired) electrons. The van der Waals surface area contributed by atoms with Gasteiger partial charge in [0.1, 0.15) is 0 Å². The lowest BCUT2D eigenvalue weighted by atomic mass is 9.96. The summed E-state index contributed by atoms with van der Waals surface area (Å²) in [6, 6.07) is 23.4. The molecule has 3 aromatic carbocycles. The van der Waals surface area contributed by atoms with Crippen molar-refractivity contribution in [3.63, 3.8) is 0 Å². The number of alkyl halides is 3. The fourth-order valence-electron chi connectivity index (χ4n) is 4.02. The van der Waals surface area contributed by atoms with Gasteiger partial charge in [0.2, 0.25) is 0 Å². The van der Waals surface area contributed by atoms with Crippen molar-refractivity contribution >= 4 is 0 Å². The van der Waals surface area contributed by atoms with Gasteiger partial charge in [-0.3, -0.25) is 4.90 Å². The van der Waals surface area contributed by atoms with Crippen LogP contribution in [0, 0.1) is 0 Å². The predicted molar refractivity (Wildman–Crippen MR) is 112 cm³/mol. The predicted octanol–water partition coefficient (Wildman–Crippen LogP) is 6.51. The number of halogens is 3. The van der Waals surface area contributed by atoms with Crippen molar-refractivity contribution < 1.29 is 17.9 Å². The van der Waals surface area contributed by atoms with E-state index in [4.69, 9.17) is 4.74 Å². The third kappa shape index (κ3) is 4.42. The molecule has 1 saturated heterocycles. The SMILES string of the molecule is CC(c1ccc(-c2ccccc2C(F)(F)F)cc1)N1CCOC(c2ccccc2)C1. The van der Waals surface area contributed by atoms with E-state index in [-0.39, 0.29) is 17.7 Å². The zero-order chi connectivity index (χ0) is 21.1. The fraction of sp³-hybridized carbons (Fsp3) is 0.280. The topological polar surface area (TPSA) is 12.5 Å². The molecule has 0 N–H and O–H groups in total. The highest BCUT2D eigenvalue weighted by Crippen LogP contribution is 2.37. The number of hydrogen-bond acceptors (Lipinski definition) is 2. The van der Waals surface area contributed by atoms with Crippen LogP contribution < -0.4 is 0 Å². The summed E-state index contributed by atoms with van der Waals surface area (Å²) in [6.07, 6.45) is -4.34. The van der Waals surface area contributed by atoms with Gasteiger partial charge in [-0.25, -0.2) is 0 Å². The van der Waals surface area contributed by atoms with E-state index in [1.54, 1.807) is 18.2 Å². The monoisotopic (exact) mass is 411 g/mol. The Kier molecular flexibility index (Phi) is 5.93. The maximum Gasteiger partial charge on any atom is 0.417 e. The molecule has 0 saturated carbocycles. The van der Waals surface area contributed by atoms with Crippen LogP contribution in [-0.4, -0.2) is 24.6 Å². The third-order valence-corrected chi connectivity index (χ3v) is 5.75. The van der Waals surface area contributed by atoms with Crippen LogP contribution in [-0.2, 0) is 10.9 Å². The van der Waals surface area contributed by atoms with E-state index in [2.05, 4.69) is 24.0 Å². The minimum absolute atomic E-state index is 0.0281. The van der Waals surface area contributed by atoms with Gasteiger partial charge in [0.25, 0.3) is 0 Å². The highest BCUT2D eigenvalue weighted by atomic mass is 19.4. The van der Waals surface area contributed by atoms with Crippen molar-refractivity contribution in [2.24, 2.45) is 0 Å². The molecular formula is C25H24F3NO.